The predicted molar refractivity (Wildman–Crippen MR) is 99.5 cm³/mol. The van der Waals surface area contributed by atoms with Crippen LogP contribution >= 0.6 is 11.6 Å². The second kappa shape index (κ2) is 7.89. The van der Waals surface area contributed by atoms with Gasteiger partial charge in [-0.3, -0.25) is 4.79 Å². The molecule has 1 heterocycles. The molecule has 0 aliphatic heterocycles. The molecule has 0 aliphatic rings. The van der Waals surface area contributed by atoms with Gasteiger partial charge in [-0.15, -0.1) is 0 Å². The lowest BCUT2D eigenvalue weighted by atomic mass is 10.1. The molecule has 0 aliphatic carbocycles. The smallest absolute Gasteiger partial charge is 0.338 e. The molecule has 26 heavy (non-hydrogen) atoms. The van der Waals surface area contributed by atoms with E-state index in [9.17, 15) is 9.59 Å². The lowest BCUT2D eigenvalue weighted by Gasteiger charge is -2.04. The van der Waals surface area contributed by atoms with Crippen LogP contribution in [0, 0.1) is 0 Å². The standard InChI is InChI=1S/C20H16ClNO4/c1-2-25-20(24)14-5-3-13(4-6-14)17-11-12-18(26-17)19(23)22-16-9-7-15(21)8-10-16/h3-12H,2H2,1H3,(H,22,23). The highest BCUT2D eigenvalue weighted by molar-refractivity contribution is 6.30. The number of benzene rings is 2. The van der Waals surface area contributed by atoms with Crippen molar-refractivity contribution in [1.29, 1.82) is 0 Å². The molecule has 0 fully saturated rings. The number of esters is 1. The van der Waals surface area contributed by atoms with E-state index in [1.165, 1.54) is 0 Å². The average Bonchev–Trinajstić information content (AvgIpc) is 3.14. The molecule has 132 valence electrons. The summed E-state index contributed by atoms with van der Waals surface area (Å²) in [5.74, 6) is -0.0191. The number of rotatable bonds is 5. The van der Waals surface area contributed by atoms with Gasteiger partial charge in [-0.05, 0) is 55.5 Å². The van der Waals surface area contributed by atoms with Crippen molar-refractivity contribution in [3.63, 3.8) is 0 Å². The molecule has 0 saturated carbocycles. The van der Waals surface area contributed by atoms with Crippen molar-refractivity contribution in [2.45, 2.75) is 6.92 Å². The maximum atomic E-state index is 12.3. The third kappa shape index (κ3) is 4.13. The number of hydrogen-bond donors (Lipinski definition) is 1. The third-order valence-electron chi connectivity index (χ3n) is 3.61. The molecule has 1 aromatic heterocycles. The minimum Gasteiger partial charge on any atom is -0.462 e. The van der Waals surface area contributed by atoms with Crippen molar-refractivity contribution in [1.82, 2.24) is 0 Å². The van der Waals surface area contributed by atoms with Crippen LogP contribution in [0.5, 0.6) is 0 Å². The van der Waals surface area contributed by atoms with Gasteiger partial charge >= 0.3 is 5.97 Å². The van der Waals surface area contributed by atoms with Crippen LogP contribution in [0.2, 0.25) is 5.02 Å². The van der Waals surface area contributed by atoms with E-state index in [2.05, 4.69) is 5.32 Å². The van der Waals surface area contributed by atoms with Crippen LogP contribution in [-0.2, 0) is 4.74 Å². The van der Waals surface area contributed by atoms with Gasteiger partial charge in [0.2, 0.25) is 0 Å². The molecular weight excluding hydrogens is 354 g/mol. The first-order chi connectivity index (χ1) is 12.6. The molecule has 0 bridgehead atoms. The minimum absolute atomic E-state index is 0.185. The highest BCUT2D eigenvalue weighted by Crippen LogP contribution is 2.23. The van der Waals surface area contributed by atoms with Gasteiger partial charge < -0.3 is 14.5 Å². The van der Waals surface area contributed by atoms with E-state index in [-0.39, 0.29) is 17.6 Å². The van der Waals surface area contributed by atoms with E-state index >= 15 is 0 Å². The van der Waals surface area contributed by atoms with Crippen molar-refractivity contribution in [2.24, 2.45) is 0 Å². The number of ether oxygens (including phenoxy) is 1. The fourth-order valence-corrected chi connectivity index (χ4v) is 2.45. The van der Waals surface area contributed by atoms with Crippen LogP contribution in [-0.4, -0.2) is 18.5 Å². The van der Waals surface area contributed by atoms with Gasteiger partial charge in [0, 0.05) is 16.3 Å². The fraction of sp³-hybridized carbons (Fsp3) is 0.100. The summed E-state index contributed by atoms with van der Waals surface area (Å²) in [7, 11) is 0. The van der Waals surface area contributed by atoms with Gasteiger partial charge in [-0.2, -0.15) is 0 Å². The average molecular weight is 370 g/mol. The zero-order chi connectivity index (χ0) is 18.5. The summed E-state index contributed by atoms with van der Waals surface area (Å²) in [5.41, 5.74) is 1.84. The predicted octanol–water partition coefficient (Wildman–Crippen LogP) is 5.03. The first-order valence-electron chi connectivity index (χ1n) is 8.01. The Morgan fingerprint density at radius 3 is 2.35 bits per heavy atom. The Balaban J connectivity index is 1.71. The van der Waals surface area contributed by atoms with E-state index < -0.39 is 0 Å². The Bertz CT molecular complexity index is 914. The molecule has 0 saturated heterocycles. The van der Waals surface area contributed by atoms with Crippen molar-refractivity contribution < 1.29 is 18.7 Å². The van der Waals surface area contributed by atoms with Crippen molar-refractivity contribution >= 4 is 29.2 Å². The molecule has 1 N–H and O–H groups in total. The van der Waals surface area contributed by atoms with Gasteiger partial charge in [0.05, 0.1) is 12.2 Å². The third-order valence-corrected chi connectivity index (χ3v) is 3.86. The number of anilines is 1. The molecule has 6 heteroatoms. The van der Waals surface area contributed by atoms with Crippen LogP contribution in [0.1, 0.15) is 27.8 Å². The number of carbonyl (C=O) groups excluding carboxylic acids is 2. The van der Waals surface area contributed by atoms with Crippen LogP contribution in [0.3, 0.4) is 0 Å². The molecule has 0 atom stereocenters. The summed E-state index contributed by atoms with van der Waals surface area (Å²) >= 11 is 5.82. The minimum atomic E-state index is -0.374. The quantitative estimate of drug-likeness (QED) is 0.640. The van der Waals surface area contributed by atoms with E-state index in [4.69, 9.17) is 20.8 Å². The summed E-state index contributed by atoms with van der Waals surface area (Å²) in [6.07, 6.45) is 0. The number of furan rings is 1. The Labute approximate surface area is 155 Å². The summed E-state index contributed by atoms with van der Waals surface area (Å²) in [5, 5.41) is 3.33. The molecule has 0 radical (unpaired) electrons. The fourth-order valence-electron chi connectivity index (χ4n) is 2.33. The number of hydrogen-bond acceptors (Lipinski definition) is 4. The van der Waals surface area contributed by atoms with Gasteiger partial charge in [-0.1, -0.05) is 23.7 Å². The Kier molecular flexibility index (Phi) is 5.39. The van der Waals surface area contributed by atoms with Crippen LogP contribution in [0.4, 0.5) is 5.69 Å². The first kappa shape index (κ1) is 17.8. The second-order valence-electron chi connectivity index (χ2n) is 5.42. The largest absolute Gasteiger partial charge is 0.462 e. The lowest BCUT2D eigenvalue weighted by Crippen LogP contribution is -2.10. The van der Waals surface area contributed by atoms with Gasteiger partial charge in [0.1, 0.15) is 5.76 Å². The highest BCUT2D eigenvalue weighted by atomic mass is 35.5. The maximum Gasteiger partial charge on any atom is 0.338 e. The lowest BCUT2D eigenvalue weighted by molar-refractivity contribution is 0.0526. The molecular formula is C20H16ClNO4. The number of halogens is 1. The van der Waals surface area contributed by atoms with Crippen molar-refractivity contribution in [3.05, 3.63) is 77.0 Å². The zero-order valence-electron chi connectivity index (χ0n) is 14.0. The monoisotopic (exact) mass is 369 g/mol. The molecule has 3 aromatic rings. The molecule has 2 aromatic carbocycles. The maximum absolute atomic E-state index is 12.3. The summed E-state index contributed by atoms with van der Waals surface area (Å²) in [6, 6.07) is 16.9. The van der Waals surface area contributed by atoms with E-state index in [0.717, 1.165) is 5.56 Å². The van der Waals surface area contributed by atoms with Gasteiger partial charge in [-0.25, -0.2) is 4.79 Å². The molecule has 5 nitrogen and oxygen atoms in total. The number of nitrogens with one attached hydrogen (secondary N) is 1. The van der Waals surface area contributed by atoms with E-state index in [1.807, 2.05) is 0 Å². The topological polar surface area (TPSA) is 68.5 Å². The number of amides is 1. The van der Waals surface area contributed by atoms with Crippen LogP contribution < -0.4 is 5.32 Å². The van der Waals surface area contributed by atoms with Gasteiger partial charge in [0.15, 0.2) is 5.76 Å². The SMILES string of the molecule is CCOC(=O)c1ccc(-c2ccc(C(=O)Nc3ccc(Cl)cc3)o2)cc1. The van der Waals surface area contributed by atoms with Crippen LogP contribution in [0.25, 0.3) is 11.3 Å². The Morgan fingerprint density at radius 2 is 1.69 bits per heavy atom. The highest BCUT2D eigenvalue weighted by Gasteiger charge is 2.13. The first-order valence-corrected chi connectivity index (χ1v) is 8.39. The molecule has 3 rings (SSSR count). The van der Waals surface area contributed by atoms with E-state index in [0.29, 0.717) is 28.6 Å². The summed E-state index contributed by atoms with van der Waals surface area (Å²) in [4.78, 5) is 23.9. The van der Waals surface area contributed by atoms with Crippen molar-refractivity contribution in [2.75, 3.05) is 11.9 Å². The summed E-state index contributed by atoms with van der Waals surface area (Å²) < 4.78 is 10.6. The van der Waals surface area contributed by atoms with E-state index in [1.54, 1.807) is 67.6 Å². The summed E-state index contributed by atoms with van der Waals surface area (Å²) in [6.45, 7) is 2.08. The van der Waals surface area contributed by atoms with Crippen molar-refractivity contribution in [3.8, 4) is 11.3 Å². The molecule has 0 spiro atoms. The normalized spacial score (nSPS) is 10.4. The molecule has 0 unspecified atom stereocenters. The zero-order valence-corrected chi connectivity index (χ0v) is 14.7. The van der Waals surface area contributed by atoms with Crippen LogP contribution in [0.15, 0.2) is 65.1 Å². The van der Waals surface area contributed by atoms with Gasteiger partial charge in [0.25, 0.3) is 5.91 Å². The second-order valence-corrected chi connectivity index (χ2v) is 5.86. The molecule has 1 amide bonds. The Morgan fingerprint density at radius 1 is 1.00 bits per heavy atom. The Hall–Kier alpha value is -3.05. The number of carbonyl (C=O) groups is 2.